The molecule has 0 atom stereocenters. The van der Waals surface area contributed by atoms with Crippen LogP contribution >= 0.6 is 0 Å². The van der Waals surface area contributed by atoms with Crippen LogP contribution in [0, 0.1) is 10.9 Å². The van der Waals surface area contributed by atoms with Crippen LogP contribution in [0.1, 0.15) is 6.92 Å². The summed E-state index contributed by atoms with van der Waals surface area (Å²) in [5.74, 6) is -0.432. The molecule has 0 fully saturated rings. The minimum absolute atomic E-state index is 0.0267. The highest BCUT2D eigenvalue weighted by Crippen LogP contribution is 2.37. The monoisotopic (exact) mass is 233 g/mol. The summed E-state index contributed by atoms with van der Waals surface area (Å²) in [5.41, 5.74) is 7.73. The molecule has 2 rings (SSSR count). The molecular formula is C10H11N5O2. The van der Waals surface area contributed by atoms with Gasteiger partial charge in [0.2, 0.25) is 0 Å². The van der Waals surface area contributed by atoms with Gasteiger partial charge in [-0.2, -0.15) is 0 Å². The number of benzene rings is 1. The van der Waals surface area contributed by atoms with E-state index in [-0.39, 0.29) is 11.4 Å². The Hall–Kier alpha value is -2.25. The first-order chi connectivity index (χ1) is 8.07. The maximum absolute atomic E-state index is 9.96. The van der Waals surface area contributed by atoms with Crippen LogP contribution in [0.2, 0.25) is 0 Å². The van der Waals surface area contributed by atoms with E-state index < -0.39 is 5.84 Å². The quantitative estimate of drug-likeness (QED) is 0.339. The molecular weight excluding hydrogens is 222 g/mol. The number of hydrogen-bond donors (Lipinski definition) is 4. The van der Waals surface area contributed by atoms with Gasteiger partial charge >= 0.3 is 0 Å². The first-order valence-electron chi connectivity index (χ1n) is 4.82. The molecule has 0 amide bonds. The lowest BCUT2D eigenvalue weighted by Crippen LogP contribution is -2.34. The predicted octanol–water partition coefficient (Wildman–Crippen LogP) is 2.33. The van der Waals surface area contributed by atoms with Crippen LogP contribution in [-0.2, 0) is 0 Å². The van der Waals surface area contributed by atoms with Gasteiger partial charge < -0.3 is 0 Å². The number of anilines is 2. The van der Waals surface area contributed by atoms with Gasteiger partial charge in [-0.25, -0.2) is 15.7 Å². The number of hydrogen-bond acceptors (Lipinski definition) is 6. The Morgan fingerprint density at radius 1 is 1.18 bits per heavy atom. The van der Waals surface area contributed by atoms with Crippen molar-refractivity contribution >= 4 is 17.2 Å². The molecule has 17 heavy (non-hydrogen) atoms. The average Bonchev–Trinajstić information content (AvgIpc) is 2.36. The third-order valence-electron chi connectivity index (χ3n) is 2.55. The van der Waals surface area contributed by atoms with Crippen LogP contribution in [0.5, 0.6) is 0 Å². The van der Waals surface area contributed by atoms with Crippen molar-refractivity contribution in [2.45, 2.75) is 6.92 Å². The first-order valence-corrected chi connectivity index (χ1v) is 4.82. The number of nitrogens with zero attached hydrogens (tertiary/aromatic N) is 3. The number of rotatable bonds is 1. The summed E-state index contributed by atoms with van der Waals surface area (Å²) in [4.78, 5) is 0. The summed E-state index contributed by atoms with van der Waals surface area (Å²) >= 11 is 0. The van der Waals surface area contributed by atoms with E-state index in [1.807, 2.05) is 0 Å². The highest BCUT2D eigenvalue weighted by molar-refractivity contribution is 6.02. The van der Waals surface area contributed by atoms with Crippen LogP contribution in [0.4, 0.5) is 11.4 Å². The molecule has 0 saturated heterocycles. The Balaban J connectivity index is 2.61. The standard InChI is InChI=1S/C10H11N5O2/c1-6-9(10(11)13-12)15(17)8-5-3-2-4-7(8)14(6)16/h2-5,11-12,16-17H,1H3. The second-order valence-corrected chi connectivity index (χ2v) is 3.51. The number of allylic oxidation sites excluding steroid dienone is 1. The lowest BCUT2D eigenvalue weighted by molar-refractivity contribution is 0.253. The summed E-state index contributed by atoms with van der Waals surface area (Å²) in [6.07, 6.45) is 0. The molecule has 0 aliphatic carbocycles. The van der Waals surface area contributed by atoms with Crippen LogP contribution in [0.25, 0.3) is 0 Å². The Labute approximate surface area is 97.1 Å². The van der Waals surface area contributed by atoms with Crippen LogP contribution in [-0.4, -0.2) is 16.3 Å². The Bertz CT molecular complexity index is 525. The van der Waals surface area contributed by atoms with Gasteiger partial charge in [0.25, 0.3) is 0 Å². The van der Waals surface area contributed by atoms with Crippen molar-refractivity contribution in [3.05, 3.63) is 35.7 Å². The van der Waals surface area contributed by atoms with Crippen molar-refractivity contribution in [3.8, 4) is 0 Å². The molecule has 1 aliphatic rings. The molecule has 1 aromatic carbocycles. The van der Waals surface area contributed by atoms with E-state index in [0.717, 1.165) is 10.1 Å². The number of hydroxylamine groups is 2. The molecule has 0 saturated carbocycles. The smallest absolute Gasteiger partial charge is 0.194 e. The van der Waals surface area contributed by atoms with Gasteiger partial charge in [-0.05, 0) is 19.1 Å². The molecule has 0 bridgehead atoms. The third-order valence-corrected chi connectivity index (χ3v) is 2.55. The lowest BCUT2D eigenvalue weighted by atomic mass is 10.1. The molecule has 7 heteroatoms. The van der Waals surface area contributed by atoms with Crippen LogP contribution in [0.3, 0.4) is 0 Å². The topological polar surface area (TPSA) is 107 Å². The van der Waals surface area contributed by atoms with Gasteiger partial charge in [0, 0.05) is 0 Å². The number of nitrogens with one attached hydrogen (secondary N) is 2. The van der Waals surface area contributed by atoms with Crippen molar-refractivity contribution in [1.82, 2.24) is 0 Å². The molecule has 0 spiro atoms. The highest BCUT2D eigenvalue weighted by atomic mass is 16.5. The third kappa shape index (κ3) is 1.57. The Morgan fingerprint density at radius 2 is 1.71 bits per heavy atom. The largest absolute Gasteiger partial charge is 0.284 e. The summed E-state index contributed by atoms with van der Waals surface area (Å²) in [6.45, 7) is 1.52. The highest BCUT2D eigenvalue weighted by Gasteiger charge is 2.29. The van der Waals surface area contributed by atoms with Gasteiger partial charge in [0.05, 0.1) is 17.1 Å². The van der Waals surface area contributed by atoms with Crippen molar-refractivity contribution in [1.29, 1.82) is 10.9 Å². The zero-order valence-corrected chi connectivity index (χ0v) is 9.05. The minimum Gasteiger partial charge on any atom is -0.284 e. The minimum atomic E-state index is -0.432. The van der Waals surface area contributed by atoms with Crippen molar-refractivity contribution in [2.24, 2.45) is 5.11 Å². The fourth-order valence-corrected chi connectivity index (χ4v) is 1.70. The fourth-order valence-electron chi connectivity index (χ4n) is 1.70. The summed E-state index contributed by atoms with van der Waals surface area (Å²) in [7, 11) is 0. The van der Waals surface area contributed by atoms with Crippen molar-refractivity contribution < 1.29 is 10.4 Å². The zero-order valence-electron chi connectivity index (χ0n) is 9.05. The van der Waals surface area contributed by atoms with E-state index in [2.05, 4.69) is 5.11 Å². The summed E-state index contributed by atoms with van der Waals surface area (Å²) in [5, 5.41) is 31.9. The van der Waals surface area contributed by atoms with Crippen LogP contribution < -0.4 is 10.1 Å². The maximum Gasteiger partial charge on any atom is 0.194 e. The number of fused-ring (bicyclic) bond motifs is 1. The normalized spacial score (nSPS) is 14.8. The van der Waals surface area contributed by atoms with E-state index in [4.69, 9.17) is 10.9 Å². The van der Waals surface area contributed by atoms with Gasteiger partial charge in [-0.1, -0.05) is 12.1 Å². The van der Waals surface area contributed by atoms with Gasteiger partial charge in [0.15, 0.2) is 5.84 Å². The number of para-hydroxylation sites is 2. The maximum atomic E-state index is 9.96. The summed E-state index contributed by atoms with van der Waals surface area (Å²) in [6, 6.07) is 6.62. The second-order valence-electron chi connectivity index (χ2n) is 3.51. The summed E-state index contributed by atoms with van der Waals surface area (Å²) < 4.78 is 0. The number of amidine groups is 1. The molecule has 0 aromatic heterocycles. The molecule has 7 nitrogen and oxygen atoms in total. The zero-order chi connectivity index (χ0) is 12.6. The average molecular weight is 233 g/mol. The molecule has 0 unspecified atom stereocenters. The first kappa shape index (κ1) is 11.2. The molecule has 0 radical (unpaired) electrons. The van der Waals surface area contributed by atoms with Gasteiger partial charge in [0.1, 0.15) is 5.70 Å². The van der Waals surface area contributed by atoms with E-state index in [0.29, 0.717) is 11.4 Å². The van der Waals surface area contributed by atoms with E-state index in [1.165, 1.54) is 6.92 Å². The van der Waals surface area contributed by atoms with E-state index >= 15 is 0 Å². The van der Waals surface area contributed by atoms with Crippen molar-refractivity contribution in [3.63, 3.8) is 0 Å². The van der Waals surface area contributed by atoms with E-state index in [1.54, 1.807) is 24.3 Å². The predicted molar refractivity (Wildman–Crippen MR) is 60.5 cm³/mol. The fraction of sp³-hybridized carbons (Fsp3) is 0.100. The molecule has 4 N–H and O–H groups in total. The second kappa shape index (κ2) is 3.96. The van der Waals surface area contributed by atoms with E-state index in [9.17, 15) is 10.4 Å². The van der Waals surface area contributed by atoms with Gasteiger partial charge in [-0.3, -0.25) is 15.8 Å². The van der Waals surface area contributed by atoms with Crippen LogP contribution in [0.15, 0.2) is 40.8 Å². The Kier molecular flexibility index (Phi) is 2.62. The molecule has 1 heterocycles. The van der Waals surface area contributed by atoms with Crippen molar-refractivity contribution in [2.75, 3.05) is 10.1 Å². The van der Waals surface area contributed by atoms with Gasteiger partial charge in [-0.15, -0.1) is 5.11 Å². The molecule has 1 aromatic rings. The Morgan fingerprint density at radius 3 is 2.24 bits per heavy atom. The molecule has 88 valence electrons. The molecule has 1 aliphatic heterocycles. The lowest BCUT2D eigenvalue weighted by Gasteiger charge is -2.33. The SMILES string of the molecule is CC1=C(C(=N)N=N)N(O)c2ccccc2N1O.